The van der Waals surface area contributed by atoms with Crippen LogP contribution in [-0.2, 0) is 0 Å². The number of hydrogen-bond acceptors (Lipinski definition) is 2. The molecule has 0 aliphatic rings. The third-order valence-electron chi connectivity index (χ3n) is 2.98. The van der Waals surface area contributed by atoms with Crippen LogP contribution in [0.25, 0.3) is 0 Å². The van der Waals surface area contributed by atoms with Crippen molar-refractivity contribution in [1.82, 2.24) is 5.43 Å². The number of carbonyl (C=O) groups is 1. The zero-order valence-electron chi connectivity index (χ0n) is 11.7. The smallest absolute Gasteiger partial charge is 0.267 e. The minimum Gasteiger partial charge on any atom is -0.267 e. The SMILES string of the molecule is C/C(=N/NC(=O)c1ccc(C)cc1)c1ccc(Cl)c(Cl)c1. The Bertz CT molecular complexity index is 694. The number of hydrazone groups is 1. The molecule has 1 N–H and O–H groups in total. The maximum absolute atomic E-state index is 11.9. The van der Waals surface area contributed by atoms with Crippen LogP contribution in [0.3, 0.4) is 0 Å². The van der Waals surface area contributed by atoms with E-state index in [1.807, 2.05) is 19.1 Å². The number of amides is 1. The Morgan fingerprint density at radius 2 is 1.62 bits per heavy atom. The summed E-state index contributed by atoms with van der Waals surface area (Å²) < 4.78 is 0. The van der Waals surface area contributed by atoms with E-state index in [4.69, 9.17) is 23.2 Å². The first-order valence-corrected chi connectivity index (χ1v) is 7.09. The molecule has 0 fully saturated rings. The van der Waals surface area contributed by atoms with Crippen molar-refractivity contribution < 1.29 is 4.79 Å². The second kappa shape index (κ2) is 6.74. The molecule has 2 aromatic rings. The zero-order chi connectivity index (χ0) is 15.4. The van der Waals surface area contributed by atoms with Crippen molar-refractivity contribution >= 4 is 34.8 Å². The van der Waals surface area contributed by atoms with Crippen LogP contribution in [0, 0.1) is 6.92 Å². The molecule has 0 saturated carbocycles. The van der Waals surface area contributed by atoms with Gasteiger partial charge in [0.05, 0.1) is 15.8 Å². The van der Waals surface area contributed by atoms with Gasteiger partial charge in [0.25, 0.3) is 5.91 Å². The second-order valence-corrected chi connectivity index (χ2v) is 5.45. The van der Waals surface area contributed by atoms with E-state index in [9.17, 15) is 4.79 Å². The van der Waals surface area contributed by atoms with Gasteiger partial charge in [0, 0.05) is 5.56 Å². The summed E-state index contributed by atoms with van der Waals surface area (Å²) in [6.07, 6.45) is 0. The quantitative estimate of drug-likeness (QED) is 0.658. The zero-order valence-corrected chi connectivity index (χ0v) is 13.2. The number of hydrogen-bond donors (Lipinski definition) is 1. The highest BCUT2D eigenvalue weighted by molar-refractivity contribution is 6.42. The lowest BCUT2D eigenvalue weighted by molar-refractivity contribution is 0.0955. The van der Waals surface area contributed by atoms with Crippen LogP contribution in [0.15, 0.2) is 47.6 Å². The number of nitrogens with zero attached hydrogens (tertiary/aromatic N) is 1. The van der Waals surface area contributed by atoms with Gasteiger partial charge in [-0.2, -0.15) is 5.10 Å². The molecule has 1 amide bonds. The van der Waals surface area contributed by atoms with E-state index in [2.05, 4.69) is 10.5 Å². The molecule has 0 bridgehead atoms. The third kappa shape index (κ3) is 4.06. The molecule has 0 aliphatic heterocycles. The van der Waals surface area contributed by atoms with Gasteiger partial charge < -0.3 is 0 Å². The predicted octanol–water partition coefficient (Wildman–Crippen LogP) is 4.46. The summed E-state index contributed by atoms with van der Waals surface area (Å²) in [5.74, 6) is -0.255. The highest BCUT2D eigenvalue weighted by atomic mass is 35.5. The molecule has 0 atom stereocenters. The highest BCUT2D eigenvalue weighted by Crippen LogP contribution is 2.22. The van der Waals surface area contributed by atoms with E-state index in [0.717, 1.165) is 11.1 Å². The van der Waals surface area contributed by atoms with Crippen LogP contribution >= 0.6 is 23.2 Å². The lowest BCUT2D eigenvalue weighted by Crippen LogP contribution is -2.19. The van der Waals surface area contributed by atoms with Crippen molar-refractivity contribution in [3.05, 3.63) is 69.2 Å². The van der Waals surface area contributed by atoms with E-state index in [-0.39, 0.29) is 5.91 Å². The van der Waals surface area contributed by atoms with Gasteiger partial charge in [0.2, 0.25) is 0 Å². The summed E-state index contributed by atoms with van der Waals surface area (Å²) in [5, 5.41) is 5.01. The van der Waals surface area contributed by atoms with Crippen molar-refractivity contribution in [2.75, 3.05) is 0 Å². The lowest BCUT2D eigenvalue weighted by Gasteiger charge is -2.04. The molecule has 0 spiro atoms. The predicted molar refractivity (Wildman–Crippen MR) is 87.3 cm³/mol. The molecular weight excluding hydrogens is 307 g/mol. The molecule has 0 heterocycles. The molecule has 0 radical (unpaired) electrons. The first-order chi connectivity index (χ1) is 9.97. The summed E-state index contributed by atoms with van der Waals surface area (Å²) in [5.41, 5.74) is 5.63. The number of carbonyl (C=O) groups excluding carboxylic acids is 1. The van der Waals surface area contributed by atoms with E-state index < -0.39 is 0 Å². The third-order valence-corrected chi connectivity index (χ3v) is 3.72. The standard InChI is InChI=1S/C16H14Cl2N2O/c1-10-3-5-12(6-4-10)16(21)20-19-11(2)13-7-8-14(17)15(18)9-13/h3-9H,1-2H3,(H,20,21)/b19-11-. The van der Waals surface area contributed by atoms with Gasteiger partial charge in [0.1, 0.15) is 0 Å². The molecule has 0 unspecified atom stereocenters. The first kappa shape index (κ1) is 15.5. The lowest BCUT2D eigenvalue weighted by atomic mass is 10.1. The van der Waals surface area contributed by atoms with E-state index in [1.165, 1.54) is 0 Å². The van der Waals surface area contributed by atoms with Gasteiger partial charge in [-0.1, -0.05) is 47.0 Å². The molecule has 21 heavy (non-hydrogen) atoms. The fourth-order valence-corrected chi connectivity index (χ4v) is 1.99. The van der Waals surface area contributed by atoms with Crippen molar-refractivity contribution in [2.24, 2.45) is 5.10 Å². The Hall–Kier alpha value is -1.84. The molecule has 0 aromatic heterocycles. The largest absolute Gasteiger partial charge is 0.271 e. The number of rotatable bonds is 3. The Morgan fingerprint density at radius 3 is 2.24 bits per heavy atom. The van der Waals surface area contributed by atoms with Crippen molar-refractivity contribution in [1.29, 1.82) is 0 Å². The number of halogens is 2. The average molecular weight is 321 g/mol. The van der Waals surface area contributed by atoms with Crippen LogP contribution in [0.5, 0.6) is 0 Å². The van der Waals surface area contributed by atoms with E-state index >= 15 is 0 Å². The van der Waals surface area contributed by atoms with Gasteiger partial charge in [-0.25, -0.2) is 5.43 Å². The molecule has 5 heteroatoms. The van der Waals surface area contributed by atoms with Gasteiger partial charge in [0.15, 0.2) is 0 Å². The highest BCUT2D eigenvalue weighted by Gasteiger charge is 2.05. The molecule has 0 saturated heterocycles. The van der Waals surface area contributed by atoms with Crippen LogP contribution in [0.2, 0.25) is 10.0 Å². The van der Waals surface area contributed by atoms with Crippen LogP contribution in [-0.4, -0.2) is 11.6 Å². The van der Waals surface area contributed by atoms with Gasteiger partial charge in [-0.05, 0) is 43.7 Å². The summed E-state index contributed by atoms with van der Waals surface area (Å²) in [4.78, 5) is 11.9. The van der Waals surface area contributed by atoms with Gasteiger partial charge >= 0.3 is 0 Å². The topological polar surface area (TPSA) is 41.5 Å². The molecule has 2 aromatic carbocycles. The normalized spacial score (nSPS) is 11.3. The number of aryl methyl sites for hydroxylation is 1. The molecule has 2 rings (SSSR count). The van der Waals surface area contributed by atoms with Crippen LogP contribution in [0.4, 0.5) is 0 Å². The van der Waals surface area contributed by atoms with Crippen LogP contribution < -0.4 is 5.43 Å². The summed E-state index contributed by atoms with van der Waals surface area (Å²) in [6, 6.07) is 12.5. The summed E-state index contributed by atoms with van der Waals surface area (Å²) in [6.45, 7) is 3.75. The molecule has 108 valence electrons. The number of nitrogens with one attached hydrogen (secondary N) is 1. The molecule has 3 nitrogen and oxygen atoms in total. The van der Waals surface area contributed by atoms with E-state index in [0.29, 0.717) is 21.3 Å². The maximum atomic E-state index is 11.9. The Balaban J connectivity index is 2.10. The van der Waals surface area contributed by atoms with Crippen molar-refractivity contribution in [3.8, 4) is 0 Å². The number of benzene rings is 2. The fraction of sp³-hybridized carbons (Fsp3) is 0.125. The monoisotopic (exact) mass is 320 g/mol. The first-order valence-electron chi connectivity index (χ1n) is 6.34. The van der Waals surface area contributed by atoms with Gasteiger partial charge in [-0.3, -0.25) is 4.79 Å². The maximum Gasteiger partial charge on any atom is 0.271 e. The van der Waals surface area contributed by atoms with Crippen molar-refractivity contribution in [3.63, 3.8) is 0 Å². The Labute approximate surface area is 133 Å². The Morgan fingerprint density at radius 1 is 1.00 bits per heavy atom. The fourth-order valence-electron chi connectivity index (χ4n) is 1.69. The molecule has 0 aliphatic carbocycles. The van der Waals surface area contributed by atoms with Crippen molar-refractivity contribution in [2.45, 2.75) is 13.8 Å². The average Bonchev–Trinajstić information content (AvgIpc) is 2.48. The van der Waals surface area contributed by atoms with Gasteiger partial charge in [-0.15, -0.1) is 0 Å². The summed E-state index contributed by atoms with van der Waals surface area (Å²) >= 11 is 11.8. The second-order valence-electron chi connectivity index (χ2n) is 4.63. The molecular formula is C16H14Cl2N2O. The minimum absolute atomic E-state index is 0.255. The summed E-state index contributed by atoms with van der Waals surface area (Å²) in [7, 11) is 0. The Kier molecular flexibility index (Phi) is 4.99. The van der Waals surface area contributed by atoms with E-state index in [1.54, 1.807) is 37.3 Å². The van der Waals surface area contributed by atoms with Crippen LogP contribution in [0.1, 0.15) is 28.4 Å². The minimum atomic E-state index is -0.255.